The molecular weight excluding hydrogens is 252 g/mol. The molecular formula is C16H20N2O2. The number of fused-ring (bicyclic) bond motifs is 1. The maximum atomic E-state index is 12.2. The van der Waals surface area contributed by atoms with Crippen LogP contribution in [0.15, 0.2) is 18.2 Å². The third-order valence-corrected chi connectivity index (χ3v) is 4.26. The summed E-state index contributed by atoms with van der Waals surface area (Å²) in [5.74, 6) is 0.324. The normalized spacial score (nSPS) is 17.4. The van der Waals surface area contributed by atoms with Crippen LogP contribution >= 0.6 is 0 Å². The highest BCUT2D eigenvalue weighted by molar-refractivity contribution is 5.95. The number of nitrogens with zero attached hydrogens (tertiary/aromatic N) is 2. The Labute approximate surface area is 119 Å². The van der Waals surface area contributed by atoms with Crippen molar-refractivity contribution in [3.05, 3.63) is 29.3 Å². The van der Waals surface area contributed by atoms with E-state index in [0.29, 0.717) is 6.54 Å². The topological polar surface area (TPSA) is 40.6 Å². The van der Waals surface area contributed by atoms with Crippen molar-refractivity contribution in [1.82, 2.24) is 4.90 Å². The highest BCUT2D eigenvalue weighted by Gasteiger charge is 2.25. The predicted molar refractivity (Wildman–Crippen MR) is 78.2 cm³/mol. The van der Waals surface area contributed by atoms with Crippen molar-refractivity contribution in [2.75, 3.05) is 31.1 Å². The van der Waals surface area contributed by atoms with Crippen LogP contribution in [0.25, 0.3) is 0 Å². The number of anilines is 1. The van der Waals surface area contributed by atoms with Gasteiger partial charge in [0.05, 0.1) is 6.54 Å². The van der Waals surface area contributed by atoms with Gasteiger partial charge in [0.25, 0.3) is 0 Å². The van der Waals surface area contributed by atoms with Crippen molar-refractivity contribution >= 4 is 17.4 Å². The largest absolute Gasteiger partial charge is 0.362 e. The van der Waals surface area contributed by atoms with E-state index in [1.54, 1.807) is 6.92 Å². The second-order valence-corrected chi connectivity index (χ2v) is 5.66. The lowest BCUT2D eigenvalue weighted by atomic mass is 10.1. The molecule has 1 saturated heterocycles. The molecule has 4 heteroatoms. The quantitative estimate of drug-likeness (QED) is 0.789. The van der Waals surface area contributed by atoms with Gasteiger partial charge in [-0.25, -0.2) is 0 Å². The molecule has 0 aliphatic carbocycles. The summed E-state index contributed by atoms with van der Waals surface area (Å²) in [6.45, 7) is 4.74. The third-order valence-electron chi connectivity index (χ3n) is 4.26. The Morgan fingerprint density at radius 1 is 1.15 bits per heavy atom. The van der Waals surface area contributed by atoms with Crippen molar-refractivity contribution in [2.24, 2.45) is 0 Å². The van der Waals surface area contributed by atoms with Crippen LogP contribution in [0.3, 0.4) is 0 Å². The van der Waals surface area contributed by atoms with Gasteiger partial charge in [0, 0.05) is 30.9 Å². The summed E-state index contributed by atoms with van der Waals surface area (Å²) >= 11 is 0. The summed E-state index contributed by atoms with van der Waals surface area (Å²) in [6.07, 6.45) is 3.18. The number of hydrogen-bond donors (Lipinski definition) is 0. The molecule has 2 aliphatic heterocycles. The SMILES string of the molecule is CC(=O)c1ccc2c(c1)CCN2CC(=O)N1CCCC1. The molecule has 0 aromatic heterocycles. The van der Waals surface area contributed by atoms with E-state index in [0.717, 1.165) is 50.1 Å². The second kappa shape index (κ2) is 5.27. The van der Waals surface area contributed by atoms with Gasteiger partial charge in [0.15, 0.2) is 5.78 Å². The molecule has 0 saturated carbocycles. The molecule has 0 N–H and O–H groups in total. The third kappa shape index (κ3) is 2.42. The standard InChI is InChI=1S/C16H20N2O2/c1-12(19)13-4-5-15-14(10-13)6-9-18(15)11-16(20)17-7-2-3-8-17/h4-5,10H,2-3,6-9,11H2,1H3. The minimum atomic E-state index is 0.0967. The van der Waals surface area contributed by atoms with E-state index >= 15 is 0 Å². The summed E-state index contributed by atoms with van der Waals surface area (Å²) in [6, 6.07) is 5.81. The van der Waals surface area contributed by atoms with Gasteiger partial charge in [-0.3, -0.25) is 9.59 Å². The van der Waals surface area contributed by atoms with Gasteiger partial charge in [-0.15, -0.1) is 0 Å². The molecule has 1 aromatic rings. The van der Waals surface area contributed by atoms with Crippen molar-refractivity contribution in [2.45, 2.75) is 26.2 Å². The number of likely N-dealkylation sites (tertiary alicyclic amines) is 1. The Kier molecular flexibility index (Phi) is 3.47. The lowest BCUT2D eigenvalue weighted by Crippen LogP contribution is -2.38. The maximum absolute atomic E-state index is 12.2. The predicted octanol–water partition coefficient (Wildman–Crippen LogP) is 1.87. The van der Waals surface area contributed by atoms with Crippen molar-refractivity contribution in [3.63, 3.8) is 0 Å². The number of ketones is 1. The van der Waals surface area contributed by atoms with Gasteiger partial charge in [0.1, 0.15) is 0 Å². The summed E-state index contributed by atoms with van der Waals surface area (Å²) in [7, 11) is 0. The Hall–Kier alpha value is -1.84. The Balaban J connectivity index is 1.72. The van der Waals surface area contributed by atoms with Gasteiger partial charge < -0.3 is 9.80 Å². The smallest absolute Gasteiger partial charge is 0.242 e. The van der Waals surface area contributed by atoms with Crippen LogP contribution in [-0.4, -0.2) is 42.8 Å². The van der Waals surface area contributed by atoms with Gasteiger partial charge in [-0.2, -0.15) is 0 Å². The van der Waals surface area contributed by atoms with Crippen molar-refractivity contribution < 1.29 is 9.59 Å². The number of carbonyl (C=O) groups excluding carboxylic acids is 2. The zero-order chi connectivity index (χ0) is 14.1. The monoisotopic (exact) mass is 272 g/mol. The Morgan fingerprint density at radius 3 is 2.60 bits per heavy atom. The maximum Gasteiger partial charge on any atom is 0.242 e. The number of benzene rings is 1. The van der Waals surface area contributed by atoms with Crippen LogP contribution in [0.2, 0.25) is 0 Å². The number of hydrogen-bond acceptors (Lipinski definition) is 3. The Morgan fingerprint density at radius 2 is 1.90 bits per heavy atom. The molecule has 2 aliphatic rings. The molecule has 106 valence electrons. The molecule has 0 spiro atoms. The van der Waals surface area contributed by atoms with E-state index < -0.39 is 0 Å². The van der Waals surface area contributed by atoms with E-state index in [-0.39, 0.29) is 11.7 Å². The van der Waals surface area contributed by atoms with E-state index in [1.165, 1.54) is 5.56 Å². The lowest BCUT2D eigenvalue weighted by molar-refractivity contribution is -0.128. The van der Waals surface area contributed by atoms with E-state index in [1.807, 2.05) is 23.1 Å². The van der Waals surface area contributed by atoms with Gasteiger partial charge in [0.2, 0.25) is 5.91 Å². The number of amides is 1. The summed E-state index contributed by atoms with van der Waals surface area (Å²) in [4.78, 5) is 27.7. The highest BCUT2D eigenvalue weighted by atomic mass is 16.2. The first-order chi connectivity index (χ1) is 9.65. The highest BCUT2D eigenvalue weighted by Crippen LogP contribution is 2.29. The number of rotatable bonds is 3. The molecule has 2 heterocycles. The van der Waals surface area contributed by atoms with Gasteiger partial charge in [-0.05, 0) is 49.9 Å². The van der Waals surface area contributed by atoms with Crippen molar-refractivity contribution in [1.29, 1.82) is 0 Å². The van der Waals surface area contributed by atoms with Crippen LogP contribution in [-0.2, 0) is 11.2 Å². The van der Waals surface area contributed by atoms with Crippen molar-refractivity contribution in [3.8, 4) is 0 Å². The van der Waals surface area contributed by atoms with Crippen LogP contribution in [0.4, 0.5) is 5.69 Å². The van der Waals surface area contributed by atoms with E-state index in [9.17, 15) is 9.59 Å². The number of carbonyl (C=O) groups is 2. The Bertz CT molecular complexity index is 547. The summed E-state index contributed by atoms with van der Waals surface area (Å²) in [5, 5.41) is 0. The van der Waals surface area contributed by atoms with Crippen LogP contribution in [0, 0.1) is 0 Å². The second-order valence-electron chi connectivity index (χ2n) is 5.66. The first kappa shape index (κ1) is 13.2. The van der Waals surface area contributed by atoms with Gasteiger partial charge >= 0.3 is 0 Å². The lowest BCUT2D eigenvalue weighted by Gasteiger charge is -2.23. The fraction of sp³-hybridized carbons (Fsp3) is 0.500. The number of Topliss-reactive ketones (excluding diaryl/α,β-unsaturated/α-hetero) is 1. The molecule has 0 atom stereocenters. The minimum absolute atomic E-state index is 0.0967. The average molecular weight is 272 g/mol. The van der Waals surface area contributed by atoms with Crippen LogP contribution in [0.5, 0.6) is 0 Å². The first-order valence-corrected chi connectivity index (χ1v) is 7.32. The van der Waals surface area contributed by atoms with E-state index in [2.05, 4.69) is 4.90 Å². The fourth-order valence-corrected chi connectivity index (χ4v) is 3.08. The fourth-order valence-electron chi connectivity index (χ4n) is 3.08. The molecule has 0 bridgehead atoms. The molecule has 0 unspecified atom stereocenters. The average Bonchev–Trinajstić information content (AvgIpc) is 3.07. The zero-order valence-electron chi connectivity index (χ0n) is 11.9. The van der Waals surface area contributed by atoms with Gasteiger partial charge in [-0.1, -0.05) is 0 Å². The van der Waals surface area contributed by atoms with E-state index in [4.69, 9.17) is 0 Å². The summed E-state index contributed by atoms with van der Waals surface area (Å²) < 4.78 is 0. The zero-order valence-corrected chi connectivity index (χ0v) is 11.9. The van der Waals surface area contributed by atoms with Crippen LogP contribution in [0.1, 0.15) is 35.7 Å². The molecule has 1 aromatic carbocycles. The minimum Gasteiger partial charge on any atom is -0.362 e. The molecule has 1 fully saturated rings. The molecule has 20 heavy (non-hydrogen) atoms. The van der Waals surface area contributed by atoms with Crippen LogP contribution < -0.4 is 4.90 Å². The molecule has 3 rings (SSSR count). The first-order valence-electron chi connectivity index (χ1n) is 7.32. The molecule has 1 amide bonds. The molecule has 4 nitrogen and oxygen atoms in total. The summed E-state index contributed by atoms with van der Waals surface area (Å²) in [5.41, 5.74) is 3.06. The molecule has 0 radical (unpaired) electrons.